The van der Waals surface area contributed by atoms with Crippen LogP contribution < -0.4 is 5.32 Å². The van der Waals surface area contributed by atoms with Gasteiger partial charge in [-0.1, -0.05) is 6.42 Å². The van der Waals surface area contributed by atoms with Gasteiger partial charge in [0.2, 0.25) is 0 Å². The number of nitrogens with one attached hydrogen (secondary N) is 1. The van der Waals surface area contributed by atoms with E-state index in [1.165, 1.54) is 32.4 Å². The minimum atomic E-state index is 0.349. The van der Waals surface area contributed by atoms with E-state index in [0.717, 1.165) is 19.4 Å². The number of hydrogen-bond donors (Lipinski definition) is 1. The fourth-order valence-corrected chi connectivity index (χ4v) is 2.26. The van der Waals surface area contributed by atoms with Crippen LogP contribution in [0.5, 0.6) is 0 Å². The highest BCUT2D eigenvalue weighted by Gasteiger charge is 2.25. The molecule has 2 aliphatic heterocycles. The number of likely N-dealkylation sites (tertiary alicyclic amines) is 1. The molecule has 0 aromatic heterocycles. The third-order valence-electron chi connectivity index (χ3n) is 3.04. The molecule has 2 fully saturated rings. The van der Waals surface area contributed by atoms with Gasteiger partial charge in [-0.05, 0) is 25.9 Å². The van der Waals surface area contributed by atoms with Crippen molar-refractivity contribution in [2.45, 2.75) is 38.3 Å². The first-order valence-electron chi connectivity index (χ1n) is 5.35. The van der Waals surface area contributed by atoms with Gasteiger partial charge in [0.1, 0.15) is 5.78 Å². The van der Waals surface area contributed by atoms with Crippen molar-refractivity contribution in [3.05, 3.63) is 0 Å². The minimum Gasteiger partial charge on any atom is -0.301 e. The summed E-state index contributed by atoms with van der Waals surface area (Å²) in [5, 5.41) is 3.42. The molecule has 0 bridgehead atoms. The van der Waals surface area contributed by atoms with Crippen molar-refractivity contribution in [1.29, 1.82) is 0 Å². The molecule has 2 rings (SSSR count). The zero-order chi connectivity index (χ0) is 9.10. The van der Waals surface area contributed by atoms with Gasteiger partial charge in [0.05, 0.1) is 6.17 Å². The molecule has 0 aromatic rings. The smallest absolute Gasteiger partial charge is 0.137 e. The summed E-state index contributed by atoms with van der Waals surface area (Å²) in [6, 6.07) is 0. The molecule has 2 heterocycles. The van der Waals surface area contributed by atoms with Gasteiger partial charge >= 0.3 is 0 Å². The molecular formula is C10H18N2O. The average molecular weight is 182 g/mol. The summed E-state index contributed by atoms with van der Waals surface area (Å²) >= 11 is 0. The van der Waals surface area contributed by atoms with Crippen LogP contribution in [0.3, 0.4) is 0 Å². The number of carbonyl (C=O) groups is 1. The van der Waals surface area contributed by atoms with Crippen LogP contribution >= 0.6 is 0 Å². The Morgan fingerprint density at radius 3 is 2.69 bits per heavy atom. The van der Waals surface area contributed by atoms with Gasteiger partial charge in [0.25, 0.3) is 0 Å². The average Bonchev–Trinajstić information content (AvgIpc) is 2.19. The Morgan fingerprint density at radius 2 is 2.00 bits per heavy atom. The Morgan fingerprint density at radius 1 is 1.23 bits per heavy atom. The normalized spacial score (nSPS) is 32.0. The highest BCUT2D eigenvalue weighted by molar-refractivity contribution is 5.79. The van der Waals surface area contributed by atoms with Crippen LogP contribution in [0.2, 0.25) is 0 Å². The second-order valence-corrected chi connectivity index (χ2v) is 4.06. The van der Waals surface area contributed by atoms with Crippen LogP contribution in [0.1, 0.15) is 32.1 Å². The van der Waals surface area contributed by atoms with Gasteiger partial charge in [-0.2, -0.15) is 0 Å². The number of ketones is 1. The number of Topliss-reactive ketones (excluding diaryl/α,β-unsaturated/α-hetero) is 1. The van der Waals surface area contributed by atoms with Crippen molar-refractivity contribution in [2.75, 3.05) is 19.6 Å². The molecule has 2 aliphatic rings. The van der Waals surface area contributed by atoms with E-state index in [4.69, 9.17) is 0 Å². The van der Waals surface area contributed by atoms with Crippen LogP contribution in [-0.4, -0.2) is 36.5 Å². The van der Waals surface area contributed by atoms with E-state index in [1.807, 2.05) is 0 Å². The number of rotatable bonds is 1. The van der Waals surface area contributed by atoms with Crippen molar-refractivity contribution in [3.63, 3.8) is 0 Å². The van der Waals surface area contributed by atoms with E-state index >= 15 is 0 Å². The standard InChI is InChI=1S/C10H18N2O/c13-9-4-5-11-10(8-9)12-6-2-1-3-7-12/h10-11H,1-8H2. The van der Waals surface area contributed by atoms with Crippen molar-refractivity contribution in [1.82, 2.24) is 10.2 Å². The summed E-state index contributed by atoms with van der Waals surface area (Å²) in [4.78, 5) is 13.7. The van der Waals surface area contributed by atoms with Crippen LogP contribution in [0.25, 0.3) is 0 Å². The van der Waals surface area contributed by atoms with E-state index in [9.17, 15) is 4.79 Å². The Kier molecular flexibility index (Phi) is 2.96. The molecule has 74 valence electrons. The lowest BCUT2D eigenvalue weighted by atomic mass is 10.0. The third-order valence-corrected chi connectivity index (χ3v) is 3.04. The molecular weight excluding hydrogens is 164 g/mol. The molecule has 3 nitrogen and oxygen atoms in total. The van der Waals surface area contributed by atoms with Gasteiger partial charge in [0.15, 0.2) is 0 Å². The molecule has 0 saturated carbocycles. The van der Waals surface area contributed by atoms with E-state index in [-0.39, 0.29) is 0 Å². The molecule has 1 N–H and O–H groups in total. The number of piperidine rings is 2. The van der Waals surface area contributed by atoms with Crippen LogP contribution in [0.4, 0.5) is 0 Å². The Balaban J connectivity index is 1.87. The molecule has 0 aromatic carbocycles. The second kappa shape index (κ2) is 4.20. The van der Waals surface area contributed by atoms with Crippen molar-refractivity contribution in [2.24, 2.45) is 0 Å². The third kappa shape index (κ3) is 2.29. The Hall–Kier alpha value is -0.410. The summed E-state index contributed by atoms with van der Waals surface area (Å²) in [5.74, 6) is 0.425. The van der Waals surface area contributed by atoms with Gasteiger partial charge < -0.3 is 5.32 Å². The number of nitrogens with zero attached hydrogens (tertiary/aromatic N) is 1. The first-order valence-corrected chi connectivity index (χ1v) is 5.35. The Bertz CT molecular complexity index is 187. The molecule has 0 aliphatic carbocycles. The fraction of sp³-hybridized carbons (Fsp3) is 0.900. The van der Waals surface area contributed by atoms with E-state index in [0.29, 0.717) is 11.9 Å². The molecule has 13 heavy (non-hydrogen) atoms. The SMILES string of the molecule is O=C1CCNC(N2CCCCC2)C1. The molecule has 1 atom stereocenters. The van der Waals surface area contributed by atoms with Gasteiger partial charge in [-0.15, -0.1) is 0 Å². The van der Waals surface area contributed by atoms with E-state index in [1.54, 1.807) is 0 Å². The molecule has 3 heteroatoms. The fourth-order valence-electron chi connectivity index (χ4n) is 2.26. The monoisotopic (exact) mass is 182 g/mol. The van der Waals surface area contributed by atoms with Crippen LogP contribution in [0.15, 0.2) is 0 Å². The quantitative estimate of drug-likeness (QED) is 0.649. The maximum absolute atomic E-state index is 11.2. The zero-order valence-corrected chi connectivity index (χ0v) is 8.09. The lowest BCUT2D eigenvalue weighted by Gasteiger charge is -2.36. The second-order valence-electron chi connectivity index (χ2n) is 4.06. The van der Waals surface area contributed by atoms with Gasteiger partial charge in [-0.3, -0.25) is 9.69 Å². The molecule has 0 spiro atoms. The van der Waals surface area contributed by atoms with E-state index < -0.39 is 0 Å². The van der Waals surface area contributed by atoms with Crippen molar-refractivity contribution >= 4 is 5.78 Å². The summed E-state index contributed by atoms with van der Waals surface area (Å²) in [5.41, 5.74) is 0. The molecule has 2 saturated heterocycles. The first kappa shape index (κ1) is 9.16. The minimum absolute atomic E-state index is 0.349. The van der Waals surface area contributed by atoms with Gasteiger partial charge in [-0.25, -0.2) is 0 Å². The lowest BCUT2D eigenvalue weighted by Crippen LogP contribution is -2.52. The predicted molar refractivity (Wildman–Crippen MR) is 51.5 cm³/mol. The summed E-state index contributed by atoms with van der Waals surface area (Å²) in [7, 11) is 0. The predicted octanol–water partition coefficient (Wildman–Crippen LogP) is 0.751. The number of hydrogen-bond acceptors (Lipinski definition) is 3. The number of carbonyl (C=O) groups excluding carboxylic acids is 1. The molecule has 1 unspecified atom stereocenters. The summed E-state index contributed by atoms with van der Waals surface area (Å²) in [6.07, 6.45) is 5.75. The summed E-state index contributed by atoms with van der Waals surface area (Å²) < 4.78 is 0. The zero-order valence-electron chi connectivity index (χ0n) is 8.09. The molecule has 0 amide bonds. The largest absolute Gasteiger partial charge is 0.301 e. The highest BCUT2D eigenvalue weighted by atomic mass is 16.1. The first-order chi connectivity index (χ1) is 6.36. The van der Waals surface area contributed by atoms with E-state index in [2.05, 4.69) is 10.2 Å². The highest BCUT2D eigenvalue weighted by Crippen LogP contribution is 2.15. The molecule has 0 radical (unpaired) electrons. The lowest BCUT2D eigenvalue weighted by molar-refractivity contribution is -0.122. The Labute approximate surface area is 79.5 Å². The van der Waals surface area contributed by atoms with Crippen molar-refractivity contribution in [3.8, 4) is 0 Å². The van der Waals surface area contributed by atoms with Crippen LogP contribution in [0, 0.1) is 0 Å². The maximum atomic E-state index is 11.2. The van der Waals surface area contributed by atoms with Gasteiger partial charge in [0, 0.05) is 19.4 Å². The topological polar surface area (TPSA) is 32.3 Å². The van der Waals surface area contributed by atoms with Crippen molar-refractivity contribution < 1.29 is 4.79 Å². The summed E-state index contributed by atoms with van der Waals surface area (Å²) in [6.45, 7) is 3.22. The maximum Gasteiger partial charge on any atom is 0.137 e. The van der Waals surface area contributed by atoms with Crippen LogP contribution in [-0.2, 0) is 4.79 Å².